The molecule has 4 radical (unpaired) electrons. The minimum Gasteiger partial charge on any atom is -0.482 e. The molecule has 18 heteroatoms. The number of phenols is 1. The van der Waals surface area contributed by atoms with Gasteiger partial charge in [0.25, 0.3) is 5.91 Å². The van der Waals surface area contributed by atoms with Crippen LogP contribution >= 0.6 is 0 Å². The van der Waals surface area contributed by atoms with E-state index in [0.717, 1.165) is 4.90 Å². The van der Waals surface area contributed by atoms with Crippen LogP contribution in [0.15, 0.2) is 69.9 Å². The Morgan fingerprint density at radius 1 is 0.855 bits per heavy atom. The molecule has 1 saturated heterocycles. The van der Waals surface area contributed by atoms with E-state index in [4.69, 9.17) is 13.9 Å². The van der Waals surface area contributed by atoms with Crippen molar-refractivity contribution in [3.05, 3.63) is 82.0 Å². The average molecular weight is 873 g/mol. The molecule has 3 aromatic rings. The van der Waals surface area contributed by atoms with E-state index >= 15 is 0 Å². The second kappa shape index (κ2) is 16.3. The molecule has 0 spiro atoms. The van der Waals surface area contributed by atoms with Crippen molar-refractivity contribution >= 4 is 94.5 Å². The van der Waals surface area contributed by atoms with Gasteiger partial charge in [-0.25, -0.2) is 0 Å². The second-order valence-electron chi connectivity index (χ2n) is 12.2. The van der Waals surface area contributed by atoms with Crippen molar-refractivity contribution in [3.8, 4) is 33.9 Å². The molecule has 16 nitrogen and oxygen atoms in total. The molecule has 0 atom stereocenters. The van der Waals surface area contributed by atoms with Crippen molar-refractivity contribution in [2.45, 2.75) is 0 Å². The van der Waals surface area contributed by atoms with Gasteiger partial charge in [-0.05, 0) is 6.07 Å². The summed E-state index contributed by atoms with van der Waals surface area (Å²) < 4.78 is 17.7. The van der Waals surface area contributed by atoms with Gasteiger partial charge < -0.3 is 29.5 Å². The molecular weight excluding hydrogens is 844 g/mol. The number of hydrogen-bond donors (Lipinski definition) is 5. The first kappa shape index (κ1) is 38.9. The van der Waals surface area contributed by atoms with E-state index in [1.165, 1.54) is 59.5 Å². The number of hydrogen-bond acceptors (Lipinski definition) is 11. The number of amides is 2. The Hall–Kier alpha value is -5.82. The third-order valence-corrected chi connectivity index (χ3v) is 10.4. The van der Waals surface area contributed by atoms with Crippen LogP contribution in [0, 0.1) is 0 Å². The number of phenolic OH excluding ortho intramolecular Hbond substituents is 1. The monoisotopic (exact) mass is 873 g/mol. The summed E-state index contributed by atoms with van der Waals surface area (Å²) in [4.78, 5) is 77.7. The number of carboxylic acid groups (broad SMARTS) is 3. The fourth-order valence-electron chi connectivity index (χ4n) is 6.10. The number of carbonyl (C=O) groups excluding carboxylic acids is 2. The number of aromatic carboxylic acids is 1. The number of nitrogens with one attached hydrogen (secondary N) is 1. The quantitative estimate of drug-likeness (QED) is 0.0871. The van der Waals surface area contributed by atoms with E-state index in [-0.39, 0.29) is 60.7 Å². The topological polar surface area (TPSA) is 233 Å². The van der Waals surface area contributed by atoms with Crippen LogP contribution in [0.5, 0.6) is 11.5 Å². The van der Waals surface area contributed by atoms with Crippen LogP contribution in [0.3, 0.4) is 0 Å². The summed E-state index contributed by atoms with van der Waals surface area (Å²) in [7, 11) is 0. The van der Waals surface area contributed by atoms with E-state index in [1.54, 1.807) is 6.07 Å². The van der Waals surface area contributed by atoms with Crippen LogP contribution in [-0.4, -0.2) is 135 Å². The summed E-state index contributed by atoms with van der Waals surface area (Å²) >= 11 is 4.32. The van der Waals surface area contributed by atoms with Crippen molar-refractivity contribution < 1.29 is 58.3 Å². The van der Waals surface area contributed by atoms with Gasteiger partial charge in [-0.1, -0.05) is 0 Å². The molecule has 5 N–H and O–H groups in total. The minimum atomic E-state index is -1.37. The van der Waals surface area contributed by atoms with Gasteiger partial charge in [0.15, 0.2) is 6.61 Å². The van der Waals surface area contributed by atoms with Crippen molar-refractivity contribution in [3.63, 3.8) is 0 Å². The van der Waals surface area contributed by atoms with Crippen LogP contribution < -0.4 is 29.1 Å². The molecule has 3 aliphatic rings. The zero-order chi connectivity index (χ0) is 39.6. The molecule has 2 heterocycles. The van der Waals surface area contributed by atoms with Crippen molar-refractivity contribution in [1.82, 2.24) is 4.90 Å². The van der Waals surface area contributed by atoms with Crippen molar-refractivity contribution in [1.29, 1.82) is 0 Å². The summed E-state index contributed by atoms with van der Waals surface area (Å²) in [6.07, 6.45) is 0. The van der Waals surface area contributed by atoms with Gasteiger partial charge in [-0.15, -0.1) is 0 Å². The van der Waals surface area contributed by atoms with Gasteiger partial charge in [0, 0.05) is 13.1 Å². The molecule has 1 aliphatic carbocycles. The zero-order valence-corrected chi connectivity index (χ0v) is 32.2. The van der Waals surface area contributed by atoms with E-state index < -0.39 is 49.4 Å². The minimum absolute atomic E-state index is 0.0321. The number of aromatic hydroxyl groups is 1. The van der Waals surface area contributed by atoms with Crippen molar-refractivity contribution in [2.75, 3.05) is 56.2 Å². The molecule has 0 saturated carbocycles. The van der Waals surface area contributed by atoms with Gasteiger partial charge in [0.1, 0.15) is 18.8 Å². The predicted molar refractivity (Wildman–Crippen MR) is 199 cm³/mol. The Morgan fingerprint density at radius 2 is 1.55 bits per heavy atom. The number of ether oxygens (including phenoxy) is 2. The smallest absolute Gasteiger partial charge is 0.482 e. The van der Waals surface area contributed by atoms with E-state index in [1.807, 2.05) is 0 Å². The maximum absolute atomic E-state index is 13.7. The molecule has 55 heavy (non-hydrogen) atoms. The number of rotatable bonds is 12. The van der Waals surface area contributed by atoms with E-state index in [2.05, 4.69) is 39.0 Å². The number of nitrogens with zero attached hydrogens (tertiary/aromatic N) is 2. The third-order valence-electron chi connectivity index (χ3n) is 8.65. The first-order chi connectivity index (χ1) is 26.2. The molecule has 3 aromatic carbocycles. The number of anilines is 2. The van der Waals surface area contributed by atoms with Crippen molar-refractivity contribution in [2.24, 2.45) is 0 Å². The molecule has 0 bridgehead atoms. The number of benzene rings is 4. The fourth-order valence-corrected chi connectivity index (χ4v) is 7.11. The zero-order valence-electron chi connectivity index (χ0n) is 28.5. The number of fused-ring (bicyclic) bond motifs is 2. The Bertz CT molecular complexity index is 2390. The van der Waals surface area contributed by atoms with Crippen LogP contribution in [0.25, 0.3) is 33.4 Å². The first-order valence-electron chi connectivity index (χ1n) is 16.4. The van der Waals surface area contributed by atoms with Gasteiger partial charge in [0.2, 0.25) is 0 Å². The molecule has 0 unspecified atom stereocenters. The first-order valence-corrected chi connectivity index (χ1v) is 18.2. The molecule has 6 rings (SSSR count). The predicted octanol–water partition coefficient (Wildman–Crippen LogP) is 1.02. The van der Waals surface area contributed by atoms with Crippen LogP contribution in [0.2, 0.25) is 0 Å². The number of carboxylic acids is 3. The summed E-state index contributed by atoms with van der Waals surface area (Å²) in [6, 6.07) is 13.9. The summed E-state index contributed by atoms with van der Waals surface area (Å²) in [5, 5.41) is 42.8. The normalized spacial score (nSPS) is 12.7. The molecule has 2 amide bonds. The van der Waals surface area contributed by atoms with Crippen LogP contribution in [-0.2, 0) is 19.1 Å². The van der Waals surface area contributed by atoms with E-state index in [9.17, 15) is 49.2 Å². The standard InChI is InChI=1S/C37H29As2N3O13/c38-32-25(43)7-4-21-31(22-5-8-26(44)33(39)35(22)55-34(21)32)20-3-1-18(13-23(20)37(51)52)36(50)40-19-2-6-24(42(15-29(46)47)16-30(48)49)27(14-19)54-17-28(45)41-9-11-53-12-10-41/h1-8,13-14,43H,9-12,15-17H2,(H,40,50)(H,46,47)(H,48,49)(H,51,52). The molecular formula is C37H29As2N3O13. The Labute approximate surface area is 328 Å². The van der Waals surface area contributed by atoms with Gasteiger partial charge in [0.05, 0.1) is 18.9 Å². The summed E-state index contributed by atoms with van der Waals surface area (Å²) in [5.41, 5.74) is 0.673. The number of aliphatic carboxylic acids is 2. The SMILES string of the molecule is O=C(O)CN(CC(=O)O)c1ccc(NC(=O)c2ccc(-c3c4ccc(=O)c([As])c-4oc4c([As])c(O)ccc34)c(C(=O)O)c2)cc1OCC(=O)N1CCOCC1. The fraction of sp³-hybridized carbons (Fsp3) is 0.189. The summed E-state index contributed by atoms with van der Waals surface area (Å²) in [5.74, 6) is -5.17. The summed E-state index contributed by atoms with van der Waals surface area (Å²) in [6.45, 7) is -0.562. The van der Waals surface area contributed by atoms with Gasteiger partial charge in [-0.3, -0.25) is 14.4 Å². The molecule has 1 fully saturated rings. The second-order valence-corrected chi connectivity index (χ2v) is 14.1. The van der Waals surface area contributed by atoms with Gasteiger partial charge >= 0.3 is 217 Å². The molecule has 0 aromatic heterocycles. The Morgan fingerprint density at radius 3 is 2.22 bits per heavy atom. The Balaban J connectivity index is 1.37. The van der Waals surface area contributed by atoms with Gasteiger partial charge in [-0.2, -0.15) is 0 Å². The maximum atomic E-state index is 13.7. The molecule has 2 aliphatic heterocycles. The third kappa shape index (κ3) is 8.31. The average Bonchev–Trinajstić information content (AvgIpc) is 3.15. The van der Waals surface area contributed by atoms with Crippen LogP contribution in [0.1, 0.15) is 20.7 Å². The van der Waals surface area contributed by atoms with Crippen LogP contribution in [0.4, 0.5) is 11.4 Å². The molecule has 280 valence electrons. The number of carbonyl (C=O) groups is 5. The number of morpholine rings is 1. The van der Waals surface area contributed by atoms with E-state index in [0.29, 0.717) is 47.2 Å². The Kier molecular flexibility index (Phi) is 11.5.